The number of hydrogen-bond acceptors (Lipinski definition) is 5. The average Bonchev–Trinajstić information content (AvgIpc) is 2.74. The SMILES string of the molecule is C=CC(=O)OCC(C)CCCOC(=O)c1ccc(/C(=N/C)C(F)(F)C(F)(F)C(F)(F)F)cc1. The van der Waals surface area contributed by atoms with Crippen molar-refractivity contribution >= 4 is 17.7 Å². The van der Waals surface area contributed by atoms with Gasteiger partial charge in [-0.2, -0.15) is 30.7 Å². The number of rotatable bonds is 11. The Morgan fingerprint density at radius 2 is 1.58 bits per heavy atom. The van der Waals surface area contributed by atoms with Gasteiger partial charge in [0.05, 0.1) is 18.8 Å². The molecule has 0 N–H and O–H groups in total. The van der Waals surface area contributed by atoms with Crippen molar-refractivity contribution in [2.45, 2.75) is 37.8 Å². The van der Waals surface area contributed by atoms with Crippen molar-refractivity contribution < 1.29 is 49.8 Å². The molecule has 0 aliphatic rings. The number of alkyl halides is 7. The third kappa shape index (κ3) is 7.03. The minimum absolute atomic E-state index is 0.0160. The molecule has 0 amide bonds. The van der Waals surface area contributed by atoms with E-state index >= 15 is 0 Å². The lowest BCUT2D eigenvalue weighted by atomic mass is 9.98. The molecule has 5 nitrogen and oxygen atoms in total. The molecule has 184 valence electrons. The molecular formula is C21H22F7NO4. The lowest BCUT2D eigenvalue weighted by molar-refractivity contribution is -0.336. The number of nitrogens with zero attached hydrogens (tertiary/aromatic N) is 1. The van der Waals surface area contributed by atoms with E-state index in [1.807, 2.05) is 6.92 Å². The quantitative estimate of drug-likeness (QED) is 0.141. The Bertz CT molecular complexity index is 864. The van der Waals surface area contributed by atoms with E-state index in [4.69, 9.17) is 9.47 Å². The first-order valence-electron chi connectivity index (χ1n) is 9.55. The Kier molecular flexibility index (Phi) is 9.61. The molecule has 1 atom stereocenters. The summed E-state index contributed by atoms with van der Waals surface area (Å²) in [5.74, 6) is -13.4. The third-order valence-corrected chi connectivity index (χ3v) is 4.42. The zero-order valence-electron chi connectivity index (χ0n) is 17.7. The third-order valence-electron chi connectivity index (χ3n) is 4.42. The number of aliphatic imine (C=N–C) groups is 1. The number of halogens is 7. The van der Waals surface area contributed by atoms with E-state index in [-0.39, 0.29) is 24.7 Å². The molecule has 0 radical (unpaired) electrons. The van der Waals surface area contributed by atoms with E-state index in [1.165, 1.54) is 0 Å². The second-order valence-corrected chi connectivity index (χ2v) is 7.01. The molecule has 1 aromatic rings. The highest BCUT2D eigenvalue weighted by Gasteiger charge is 2.74. The molecular weight excluding hydrogens is 463 g/mol. The Balaban J connectivity index is 2.74. The van der Waals surface area contributed by atoms with Crippen LogP contribution in [-0.4, -0.2) is 55.9 Å². The number of carbonyl (C=O) groups is 2. The highest BCUT2D eigenvalue weighted by atomic mass is 19.4. The lowest BCUT2D eigenvalue weighted by Crippen LogP contribution is -2.56. The van der Waals surface area contributed by atoms with Crippen LogP contribution >= 0.6 is 0 Å². The fraction of sp³-hybridized carbons (Fsp3) is 0.476. The number of esters is 2. The Labute approximate surface area is 185 Å². The lowest BCUT2D eigenvalue weighted by Gasteiger charge is -2.29. The van der Waals surface area contributed by atoms with Crippen molar-refractivity contribution in [1.82, 2.24) is 0 Å². The molecule has 0 aliphatic carbocycles. The first-order valence-corrected chi connectivity index (χ1v) is 9.55. The molecule has 0 fully saturated rings. The van der Waals surface area contributed by atoms with Crippen LogP contribution in [0.4, 0.5) is 30.7 Å². The molecule has 1 aromatic carbocycles. The highest BCUT2D eigenvalue weighted by Crippen LogP contribution is 2.48. The van der Waals surface area contributed by atoms with Crippen LogP contribution in [0.2, 0.25) is 0 Å². The van der Waals surface area contributed by atoms with Gasteiger partial charge in [0.1, 0.15) is 5.71 Å². The summed E-state index contributed by atoms with van der Waals surface area (Å²) in [5.41, 5.74) is -2.63. The summed E-state index contributed by atoms with van der Waals surface area (Å²) in [6, 6.07) is 3.44. The first kappa shape index (κ1) is 28.1. The monoisotopic (exact) mass is 485 g/mol. The Morgan fingerprint density at radius 3 is 2.06 bits per heavy atom. The molecule has 0 aliphatic heterocycles. The van der Waals surface area contributed by atoms with E-state index in [0.717, 1.165) is 30.3 Å². The zero-order chi connectivity index (χ0) is 25.4. The van der Waals surface area contributed by atoms with Crippen LogP contribution < -0.4 is 0 Å². The van der Waals surface area contributed by atoms with E-state index in [2.05, 4.69) is 11.6 Å². The van der Waals surface area contributed by atoms with Crippen molar-refractivity contribution in [2.24, 2.45) is 10.9 Å². The van der Waals surface area contributed by atoms with Gasteiger partial charge in [-0.1, -0.05) is 25.6 Å². The van der Waals surface area contributed by atoms with Crippen LogP contribution in [-0.2, 0) is 14.3 Å². The van der Waals surface area contributed by atoms with Gasteiger partial charge in [0.25, 0.3) is 0 Å². The predicted molar refractivity (Wildman–Crippen MR) is 105 cm³/mol. The molecule has 12 heteroatoms. The van der Waals surface area contributed by atoms with Gasteiger partial charge in [-0.05, 0) is 30.9 Å². The van der Waals surface area contributed by atoms with Gasteiger partial charge in [-0.25, -0.2) is 9.59 Å². The topological polar surface area (TPSA) is 65.0 Å². The molecule has 1 unspecified atom stereocenters. The number of ether oxygens (including phenoxy) is 2. The second kappa shape index (κ2) is 11.3. The summed E-state index contributed by atoms with van der Waals surface area (Å²) in [6.45, 7) is 5.20. The Hall–Kier alpha value is -2.92. The van der Waals surface area contributed by atoms with Crippen LogP contribution in [0.5, 0.6) is 0 Å². The smallest absolute Gasteiger partial charge is 0.460 e. The average molecular weight is 485 g/mol. The van der Waals surface area contributed by atoms with E-state index in [9.17, 15) is 40.3 Å². The van der Waals surface area contributed by atoms with Crippen molar-refractivity contribution in [3.05, 3.63) is 48.0 Å². The minimum Gasteiger partial charge on any atom is -0.462 e. The summed E-state index contributed by atoms with van der Waals surface area (Å²) in [7, 11) is 0.650. The van der Waals surface area contributed by atoms with Crippen LogP contribution in [0.1, 0.15) is 35.7 Å². The zero-order valence-corrected chi connectivity index (χ0v) is 17.7. The summed E-state index contributed by atoms with van der Waals surface area (Å²) >= 11 is 0. The van der Waals surface area contributed by atoms with Gasteiger partial charge in [0.15, 0.2) is 0 Å². The predicted octanol–water partition coefficient (Wildman–Crippen LogP) is 5.24. The highest BCUT2D eigenvalue weighted by molar-refractivity contribution is 6.06. The molecule has 0 aromatic heterocycles. The maximum atomic E-state index is 14.0. The summed E-state index contributed by atoms with van der Waals surface area (Å²) in [6.07, 6.45) is -4.50. The van der Waals surface area contributed by atoms with Crippen LogP contribution in [0, 0.1) is 5.92 Å². The van der Waals surface area contributed by atoms with Crippen molar-refractivity contribution in [1.29, 1.82) is 0 Å². The van der Waals surface area contributed by atoms with Crippen LogP contribution in [0.25, 0.3) is 0 Å². The largest absolute Gasteiger partial charge is 0.462 e. The van der Waals surface area contributed by atoms with Gasteiger partial charge in [0.2, 0.25) is 0 Å². The van der Waals surface area contributed by atoms with Crippen molar-refractivity contribution in [2.75, 3.05) is 20.3 Å². The normalized spacial score (nSPS) is 13.9. The second-order valence-electron chi connectivity index (χ2n) is 7.01. The van der Waals surface area contributed by atoms with Gasteiger partial charge >= 0.3 is 30.0 Å². The maximum Gasteiger partial charge on any atom is 0.460 e. The van der Waals surface area contributed by atoms with Crippen LogP contribution in [0.3, 0.4) is 0 Å². The Morgan fingerprint density at radius 1 is 1.03 bits per heavy atom. The standard InChI is InChI=1S/C21H22F7NO4/c1-4-16(30)33-12-13(2)6-5-11-32-18(31)15-9-7-14(8-10-15)17(29-3)19(22,23)20(24,25)21(26,27)28/h4,7-10,13H,1,5-6,11-12H2,2-3H3/b29-17-. The number of carbonyl (C=O) groups excluding carboxylic acids is 2. The minimum atomic E-state index is -6.50. The molecule has 0 saturated heterocycles. The van der Waals surface area contributed by atoms with Crippen molar-refractivity contribution in [3.63, 3.8) is 0 Å². The van der Waals surface area contributed by atoms with E-state index in [1.54, 1.807) is 0 Å². The molecule has 0 saturated carbocycles. The fourth-order valence-corrected chi connectivity index (χ4v) is 2.59. The number of benzene rings is 1. The molecule has 0 bridgehead atoms. The summed E-state index contributed by atoms with van der Waals surface area (Å²) in [4.78, 5) is 25.9. The number of hydrogen-bond donors (Lipinski definition) is 0. The molecule has 0 heterocycles. The van der Waals surface area contributed by atoms with Gasteiger partial charge in [-0.15, -0.1) is 0 Å². The fourth-order valence-electron chi connectivity index (χ4n) is 2.59. The van der Waals surface area contributed by atoms with E-state index in [0.29, 0.717) is 19.9 Å². The first-order chi connectivity index (χ1) is 15.2. The molecule has 1 rings (SSSR count). The van der Waals surface area contributed by atoms with Crippen LogP contribution in [0.15, 0.2) is 41.9 Å². The summed E-state index contributed by atoms with van der Waals surface area (Å²) < 4.78 is 102. The molecule has 33 heavy (non-hydrogen) atoms. The van der Waals surface area contributed by atoms with Gasteiger partial charge in [-0.3, -0.25) is 4.99 Å². The van der Waals surface area contributed by atoms with Crippen molar-refractivity contribution in [3.8, 4) is 0 Å². The summed E-state index contributed by atoms with van der Waals surface area (Å²) in [5, 5.41) is 0. The maximum absolute atomic E-state index is 14.0. The van der Waals surface area contributed by atoms with Gasteiger partial charge < -0.3 is 9.47 Å². The van der Waals surface area contributed by atoms with Gasteiger partial charge in [0, 0.05) is 18.7 Å². The van der Waals surface area contributed by atoms with E-state index < -0.39 is 41.2 Å². The molecule has 0 spiro atoms.